The van der Waals surface area contributed by atoms with Crippen molar-refractivity contribution in [3.05, 3.63) is 23.8 Å². The topological polar surface area (TPSA) is 57.0 Å². The normalized spacial score (nSPS) is 13.1. The summed E-state index contributed by atoms with van der Waals surface area (Å²) in [6.07, 6.45) is -0.595. The SMILES string of the molecule is CN=Nc1c(C)cccc1NC(C)O. The van der Waals surface area contributed by atoms with Crippen LogP contribution in [0.4, 0.5) is 11.4 Å². The van der Waals surface area contributed by atoms with Gasteiger partial charge in [0.05, 0.1) is 5.69 Å². The third-order valence-electron chi connectivity index (χ3n) is 1.80. The van der Waals surface area contributed by atoms with Crippen molar-refractivity contribution < 1.29 is 5.11 Å². The van der Waals surface area contributed by atoms with Gasteiger partial charge in [-0.1, -0.05) is 12.1 Å². The van der Waals surface area contributed by atoms with Crippen molar-refractivity contribution in [2.75, 3.05) is 12.4 Å². The van der Waals surface area contributed by atoms with Gasteiger partial charge >= 0.3 is 0 Å². The first-order valence-corrected chi connectivity index (χ1v) is 4.49. The Hall–Kier alpha value is -1.42. The molecule has 0 aromatic heterocycles. The summed E-state index contributed by atoms with van der Waals surface area (Å²) in [5, 5.41) is 19.9. The maximum atomic E-state index is 9.21. The molecule has 4 heteroatoms. The molecule has 0 aliphatic carbocycles. The predicted molar refractivity (Wildman–Crippen MR) is 56.9 cm³/mol. The van der Waals surface area contributed by atoms with E-state index < -0.39 is 6.23 Å². The van der Waals surface area contributed by atoms with Crippen LogP contribution in [0.1, 0.15) is 12.5 Å². The molecule has 4 nitrogen and oxygen atoms in total. The second-order valence-corrected chi connectivity index (χ2v) is 3.09. The smallest absolute Gasteiger partial charge is 0.121 e. The van der Waals surface area contributed by atoms with Crippen molar-refractivity contribution in [2.24, 2.45) is 10.2 Å². The summed E-state index contributed by atoms with van der Waals surface area (Å²) in [4.78, 5) is 0. The summed E-state index contributed by atoms with van der Waals surface area (Å²) in [5.41, 5.74) is 2.60. The summed E-state index contributed by atoms with van der Waals surface area (Å²) in [6.45, 7) is 3.62. The number of aliphatic hydroxyl groups is 1. The van der Waals surface area contributed by atoms with Crippen molar-refractivity contribution in [3.8, 4) is 0 Å². The summed E-state index contributed by atoms with van der Waals surface area (Å²) in [6, 6.07) is 5.73. The molecule has 0 bridgehead atoms. The molecular weight excluding hydrogens is 178 g/mol. The Kier molecular flexibility index (Phi) is 3.59. The van der Waals surface area contributed by atoms with Gasteiger partial charge in [0.1, 0.15) is 11.9 Å². The predicted octanol–water partition coefficient (Wildman–Crippen LogP) is 2.46. The lowest BCUT2D eigenvalue weighted by Gasteiger charge is -2.12. The monoisotopic (exact) mass is 193 g/mol. The molecule has 1 aromatic rings. The van der Waals surface area contributed by atoms with Crippen LogP contribution in [0.15, 0.2) is 28.4 Å². The van der Waals surface area contributed by atoms with Crippen LogP contribution >= 0.6 is 0 Å². The number of azo groups is 1. The maximum Gasteiger partial charge on any atom is 0.121 e. The molecule has 0 saturated heterocycles. The lowest BCUT2D eigenvalue weighted by Crippen LogP contribution is -2.13. The third-order valence-corrected chi connectivity index (χ3v) is 1.80. The first kappa shape index (κ1) is 10.7. The second kappa shape index (κ2) is 4.72. The van der Waals surface area contributed by atoms with Gasteiger partial charge in [0.25, 0.3) is 0 Å². The molecule has 1 unspecified atom stereocenters. The Morgan fingerprint density at radius 1 is 1.43 bits per heavy atom. The van der Waals surface area contributed by atoms with Crippen LogP contribution in [0, 0.1) is 6.92 Å². The van der Waals surface area contributed by atoms with Crippen molar-refractivity contribution in [3.63, 3.8) is 0 Å². The van der Waals surface area contributed by atoms with Gasteiger partial charge in [-0.3, -0.25) is 0 Å². The fourth-order valence-corrected chi connectivity index (χ4v) is 1.23. The fourth-order valence-electron chi connectivity index (χ4n) is 1.23. The van der Waals surface area contributed by atoms with Gasteiger partial charge in [0.15, 0.2) is 0 Å². The van der Waals surface area contributed by atoms with Gasteiger partial charge in [-0.05, 0) is 25.5 Å². The van der Waals surface area contributed by atoms with Crippen molar-refractivity contribution in [2.45, 2.75) is 20.1 Å². The van der Waals surface area contributed by atoms with Crippen LogP contribution < -0.4 is 5.32 Å². The van der Waals surface area contributed by atoms with E-state index in [-0.39, 0.29) is 0 Å². The molecule has 0 amide bonds. The second-order valence-electron chi connectivity index (χ2n) is 3.09. The number of hydrogen-bond donors (Lipinski definition) is 2. The third kappa shape index (κ3) is 2.53. The minimum absolute atomic E-state index is 0.595. The van der Waals surface area contributed by atoms with E-state index in [0.717, 1.165) is 16.9 Å². The Labute approximate surface area is 83.7 Å². The Morgan fingerprint density at radius 3 is 2.71 bits per heavy atom. The van der Waals surface area contributed by atoms with Crippen LogP contribution in [-0.4, -0.2) is 18.4 Å². The molecular formula is C10H15N3O. The lowest BCUT2D eigenvalue weighted by atomic mass is 10.1. The first-order chi connectivity index (χ1) is 6.65. The van der Waals surface area contributed by atoms with E-state index in [0.29, 0.717) is 0 Å². The van der Waals surface area contributed by atoms with Gasteiger partial charge in [-0.2, -0.15) is 10.2 Å². The van der Waals surface area contributed by atoms with Crippen LogP contribution in [0.3, 0.4) is 0 Å². The van der Waals surface area contributed by atoms with E-state index in [4.69, 9.17) is 0 Å². The van der Waals surface area contributed by atoms with Gasteiger partial charge in [0.2, 0.25) is 0 Å². The Bertz CT molecular complexity index is 334. The Morgan fingerprint density at radius 2 is 2.14 bits per heavy atom. The summed E-state index contributed by atoms with van der Waals surface area (Å²) < 4.78 is 0. The molecule has 0 radical (unpaired) electrons. The van der Waals surface area contributed by atoms with E-state index in [2.05, 4.69) is 15.5 Å². The summed E-state index contributed by atoms with van der Waals surface area (Å²) in [7, 11) is 1.62. The van der Waals surface area contributed by atoms with E-state index in [1.807, 2.05) is 25.1 Å². The van der Waals surface area contributed by atoms with Crippen molar-refractivity contribution in [1.82, 2.24) is 0 Å². The minimum Gasteiger partial charge on any atom is -0.374 e. The number of aryl methyl sites for hydroxylation is 1. The van der Waals surface area contributed by atoms with E-state index >= 15 is 0 Å². The molecule has 0 heterocycles. The molecule has 1 atom stereocenters. The molecule has 14 heavy (non-hydrogen) atoms. The highest BCUT2D eigenvalue weighted by atomic mass is 16.3. The van der Waals surface area contributed by atoms with Gasteiger partial charge in [0, 0.05) is 7.05 Å². The molecule has 0 saturated carbocycles. The van der Waals surface area contributed by atoms with E-state index in [1.54, 1.807) is 14.0 Å². The first-order valence-electron chi connectivity index (χ1n) is 4.49. The Balaban J connectivity index is 3.07. The largest absolute Gasteiger partial charge is 0.374 e. The average molecular weight is 193 g/mol. The van der Waals surface area contributed by atoms with Crippen LogP contribution in [-0.2, 0) is 0 Å². The zero-order valence-electron chi connectivity index (χ0n) is 8.65. The quantitative estimate of drug-likeness (QED) is 0.572. The molecule has 0 fully saturated rings. The standard InChI is InChI=1S/C10H15N3O/c1-7-5-4-6-9(12-8(2)14)10(7)13-11-3/h4-6,8,12,14H,1-3H3. The van der Waals surface area contributed by atoms with Gasteiger partial charge in [-0.15, -0.1) is 0 Å². The number of rotatable bonds is 3. The fraction of sp³-hybridized carbons (Fsp3) is 0.400. The highest BCUT2D eigenvalue weighted by Gasteiger charge is 2.05. The number of aliphatic hydroxyl groups excluding tert-OH is 1. The minimum atomic E-state index is -0.595. The molecule has 1 aromatic carbocycles. The van der Waals surface area contributed by atoms with Crippen LogP contribution in [0.5, 0.6) is 0 Å². The zero-order chi connectivity index (χ0) is 10.6. The highest BCUT2D eigenvalue weighted by molar-refractivity contribution is 5.68. The lowest BCUT2D eigenvalue weighted by molar-refractivity contribution is 0.224. The van der Waals surface area contributed by atoms with Gasteiger partial charge < -0.3 is 10.4 Å². The molecule has 0 spiro atoms. The number of nitrogens with zero attached hydrogens (tertiary/aromatic N) is 2. The number of hydrogen-bond acceptors (Lipinski definition) is 4. The zero-order valence-corrected chi connectivity index (χ0v) is 8.65. The van der Waals surface area contributed by atoms with Crippen molar-refractivity contribution in [1.29, 1.82) is 0 Å². The average Bonchev–Trinajstić information content (AvgIpc) is 2.10. The molecule has 0 aliphatic rings. The number of anilines is 1. The van der Waals surface area contributed by atoms with Crippen LogP contribution in [0.25, 0.3) is 0 Å². The molecule has 1 rings (SSSR count). The molecule has 76 valence electrons. The van der Waals surface area contributed by atoms with Crippen molar-refractivity contribution >= 4 is 11.4 Å². The number of nitrogens with one attached hydrogen (secondary N) is 1. The van der Waals surface area contributed by atoms with Crippen LogP contribution in [0.2, 0.25) is 0 Å². The highest BCUT2D eigenvalue weighted by Crippen LogP contribution is 2.29. The maximum absolute atomic E-state index is 9.21. The summed E-state index contributed by atoms with van der Waals surface area (Å²) >= 11 is 0. The summed E-state index contributed by atoms with van der Waals surface area (Å²) in [5.74, 6) is 0. The molecule has 0 aliphatic heterocycles. The molecule has 2 N–H and O–H groups in total. The van der Waals surface area contributed by atoms with Gasteiger partial charge in [-0.25, -0.2) is 0 Å². The van der Waals surface area contributed by atoms with E-state index in [1.165, 1.54) is 0 Å². The van der Waals surface area contributed by atoms with E-state index in [9.17, 15) is 5.11 Å². The number of benzene rings is 1.